The molecule has 2 heterocycles. The van der Waals surface area contributed by atoms with E-state index in [-0.39, 0.29) is 71.2 Å². The molecule has 30 heavy (non-hydrogen) atoms. The summed E-state index contributed by atoms with van der Waals surface area (Å²) < 4.78 is 9.84. The lowest BCUT2D eigenvalue weighted by molar-refractivity contribution is -0.156. The number of fused-ring (bicyclic) bond motifs is 10. The number of hydrogen-bond donors (Lipinski definition) is 0. The first-order valence-corrected chi connectivity index (χ1v) is 11.1. The molecule has 4 bridgehead atoms. The van der Waals surface area contributed by atoms with Crippen LogP contribution in [0.3, 0.4) is 0 Å². The van der Waals surface area contributed by atoms with E-state index in [0.29, 0.717) is 11.8 Å². The fraction of sp³-hybridized carbons (Fsp3) is 0.583. The van der Waals surface area contributed by atoms with Crippen LogP contribution in [0.4, 0.5) is 0 Å². The molecule has 0 N–H and O–H groups in total. The normalized spacial score (nSPS) is 47.6. The maximum atomic E-state index is 12.2. The second-order valence-electron chi connectivity index (χ2n) is 10.3. The van der Waals surface area contributed by atoms with Crippen molar-refractivity contribution in [3.05, 3.63) is 35.4 Å². The van der Waals surface area contributed by atoms with Crippen LogP contribution in [-0.2, 0) is 28.7 Å². The molecule has 6 nitrogen and oxygen atoms in total. The highest BCUT2D eigenvalue weighted by atomic mass is 16.6. The van der Waals surface area contributed by atoms with Crippen LogP contribution in [0, 0.1) is 47.3 Å². The zero-order chi connectivity index (χ0) is 20.3. The van der Waals surface area contributed by atoms with E-state index in [1.54, 1.807) is 0 Å². The largest absolute Gasteiger partial charge is 0.393 e. The molecule has 6 fully saturated rings. The third-order valence-corrected chi connectivity index (χ3v) is 9.29. The van der Waals surface area contributed by atoms with E-state index in [1.807, 2.05) is 0 Å². The summed E-state index contributed by atoms with van der Waals surface area (Å²) in [5, 5.41) is 0. The van der Waals surface area contributed by atoms with Crippen LogP contribution < -0.4 is 0 Å². The van der Waals surface area contributed by atoms with Gasteiger partial charge in [-0.2, -0.15) is 0 Å². The Balaban J connectivity index is 1.13. The van der Waals surface area contributed by atoms with E-state index >= 15 is 0 Å². The number of benzene rings is 1. The van der Waals surface area contributed by atoms with Gasteiger partial charge in [0.2, 0.25) is 0 Å². The highest BCUT2D eigenvalue weighted by Gasteiger charge is 2.64. The minimum atomic E-state index is -0.326. The molecule has 7 rings (SSSR count). The lowest BCUT2D eigenvalue weighted by Crippen LogP contribution is -2.29. The van der Waals surface area contributed by atoms with Gasteiger partial charge in [-0.1, -0.05) is 24.3 Å². The molecule has 6 aliphatic rings. The van der Waals surface area contributed by atoms with E-state index < -0.39 is 0 Å². The number of esters is 4. The summed E-state index contributed by atoms with van der Waals surface area (Å²) in [6.45, 7) is 0. The van der Waals surface area contributed by atoms with Crippen molar-refractivity contribution >= 4 is 23.9 Å². The van der Waals surface area contributed by atoms with Gasteiger partial charge in [-0.3, -0.25) is 19.2 Å². The van der Waals surface area contributed by atoms with Crippen molar-refractivity contribution in [2.75, 3.05) is 0 Å². The summed E-state index contributed by atoms with van der Waals surface area (Å²) in [5.74, 6) is -0.692. The van der Waals surface area contributed by atoms with E-state index in [0.717, 1.165) is 25.7 Å². The topological polar surface area (TPSA) is 86.7 Å². The molecular formula is C24H22O6. The predicted octanol–water partition coefficient (Wildman–Crippen LogP) is 2.57. The summed E-state index contributed by atoms with van der Waals surface area (Å²) in [7, 11) is 0. The smallest absolute Gasteiger partial charge is 0.317 e. The minimum Gasteiger partial charge on any atom is -0.393 e. The highest BCUT2D eigenvalue weighted by molar-refractivity contribution is 5.98. The SMILES string of the molecule is O=C1OC(=O)C2C3CC(CC3c3ccc([C@H]4CC5CC4C4C(=O)OC(=O)C54)cc3)C12. The van der Waals surface area contributed by atoms with Crippen molar-refractivity contribution in [1.29, 1.82) is 0 Å². The Morgan fingerprint density at radius 1 is 0.533 bits per heavy atom. The van der Waals surface area contributed by atoms with Crippen LogP contribution in [0.15, 0.2) is 24.3 Å². The van der Waals surface area contributed by atoms with Crippen molar-refractivity contribution < 1.29 is 28.7 Å². The quantitative estimate of drug-likeness (QED) is 0.554. The van der Waals surface area contributed by atoms with Gasteiger partial charge in [-0.15, -0.1) is 0 Å². The molecule has 0 radical (unpaired) electrons. The summed E-state index contributed by atoms with van der Waals surface area (Å²) in [6, 6.07) is 8.66. The first kappa shape index (κ1) is 17.2. The molecule has 154 valence electrons. The average molecular weight is 406 g/mol. The Labute approximate surface area is 173 Å². The molecule has 0 spiro atoms. The van der Waals surface area contributed by atoms with E-state index in [4.69, 9.17) is 9.47 Å². The van der Waals surface area contributed by atoms with Gasteiger partial charge in [0.1, 0.15) is 0 Å². The Hall–Kier alpha value is -2.50. The van der Waals surface area contributed by atoms with Crippen molar-refractivity contribution in [3.8, 4) is 0 Å². The Morgan fingerprint density at radius 2 is 0.900 bits per heavy atom. The summed E-state index contributed by atoms with van der Waals surface area (Å²) >= 11 is 0. The fourth-order valence-electron chi connectivity index (χ4n) is 8.27. The van der Waals surface area contributed by atoms with Gasteiger partial charge in [0.25, 0.3) is 0 Å². The number of cyclic esters (lactones) is 4. The molecule has 9 unspecified atom stereocenters. The van der Waals surface area contributed by atoms with E-state index in [2.05, 4.69) is 24.3 Å². The first-order chi connectivity index (χ1) is 14.5. The van der Waals surface area contributed by atoms with Crippen LogP contribution in [0.2, 0.25) is 0 Å². The standard InChI is InChI=1S/C24H22O6/c25-21-17-11-5-13(15(7-11)19(17)23(27)29-21)9-1-2-10(4-3-9)14-6-12-8-16(14)20-18(12)22(26)30-24(20)28/h1-4,11-20H,5-8H2/t11?,12?,13-,14?,15?,16?,17?,18?,19?,20?/m1/s1. The average Bonchev–Trinajstić information content (AvgIpc) is 3.54. The number of ether oxygens (including phenoxy) is 2. The monoisotopic (exact) mass is 406 g/mol. The van der Waals surface area contributed by atoms with Gasteiger partial charge in [-0.05, 0) is 72.3 Å². The van der Waals surface area contributed by atoms with Crippen LogP contribution >= 0.6 is 0 Å². The predicted molar refractivity (Wildman–Crippen MR) is 101 cm³/mol. The number of carbonyl (C=O) groups is 4. The molecule has 2 aliphatic heterocycles. The summed E-state index contributed by atoms with van der Waals surface area (Å²) in [5.41, 5.74) is 2.46. The zero-order valence-electron chi connectivity index (χ0n) is 16.4. The number of hydrogen-bond acceptors (Lipinski definition) is 6. The van der Waals surface area contributed by atoms with Crippen molar-refractivity contribution in [2.24, 2.45) is 47.3 Å². The second kappa shape index (κ2) is 5.59. The van der Waals surface area contributed by atoms with Crippen LogP contribution in [0.1, 0.15) is 48.6 Å². The van der Waals surface area contributed by atoms with Gasteiger partial charge < -0.3 is 9.47 Å². The molecule has 4 saturated carbocycles. The molecule has 0 amide bonds. The third-order valence-electron chi connectivity index (χ3n) is 9.29. The third kappa shape index (κ3) is 2.00. The Kier molecular flexibility index (Phi) is 3.21. The minimum absolute atomic E-state index is 0.201. The first-order valence-electron chi connectivity index (χ1n) is 11.1. The molecule has 2 saturated heterocycles. The number of carbonyl (C=O) groups excluding carboxylic acids is 4. The Bertz CT molecular complexity index is 930. The summed E-state index contributed by atoms with van der Waals surface area (Å²) in [4.78, 5) is 48.3. The van der Waals surface area contributed by atoms with Gasteiger partial charge in [0.05, 0.1) is 23.7 Å². The fourth-order valence-corrected chi connectivity index (χ4v) is 8.27. The van der Waals surface area contributed by atoms with Gasteiger partial charge in [0, 0.05) is 0 Å². The molecule has 0 aromatic heterocycles. The van der Waals surface area contributed by atoms with Crippen molar-refractivity contribution in [2.45, 2.75) is 37.5 Å². The molecule has 1 aromatic carbocycles. The molecular weight excluding hydrogens is 384 g/mol. The lowest BCUT2D eigenvalue weighted by atomic mass is 9.71. The van der Waals surface area contributed by atoms with E-state index in [1.165, 1.54) is 11.1 Å². The van der Waals surface area contributed by atoms with Gasteiger partial charge in [-0.25, -0.2) is 0 Å². The zero-order valence-corrected chi connectivity index (χ0v) is 16.4. The number of rotatable bonds is 2. The van der Waals surface area contributed by atoms with Gasteiger partial charge in [0.15, 0.2) is 0 Å². The second-order valence-corrected chi connectivity index (χ2v) is 10.3. The van der Waals surface area contributed by atoms with Gasteiger partial charge >= 0.3 is 23.9 Å². The van der Waals surface area contributed by atoms with Crippen LogP contribution in [-0.4, -0.2) is 23.9 Å². The molecule has 1 aromatic rings. The highest BCUT2D eigenvalue weighted by Crippen LogP contribution is 2.63. The molecule has 6 heteroatoms. The van der Waals surface area contributed by atoms with Crippen LogP contribution in [0.25, 0.3) is 0 Å². The molecule has 10 atom stereocenters. The van der Waals surface area contributed by atoms with Crippen LogP contribution in [0.5, 0.6) is 0 Å². The summed E-state index contributed by atoms with van der Waals surface area (Å²) in [6.07, 6.45) is 3.77. The van der Waals surface area contributed by atoms with Crippen molar-refractivity contribution in [1.82, 2.24) is 0 Å². The maximum Gasteiger partial charge on any atom is 0.317 e. The Morgan fingerprint density at radius 3 is 1.30 bits per heavy atom. The van der Waals surface area contributed by atoms with Crippen molar-refractivity contribution in [3.63, 3.8) is 0 Å². The lowest BCUT2D eigenvalue weighted by Gasteiger charge is -2.30. The maximum absolute atomic E-state index is 12.2. The molecule has 4 aliphatic carbocycles. The van der Waals surface area contributed by atoms with E-state index in [9.17, 15) is 19.2 Å².